The zero-order valence-electron chi connectivity index (χ0n) is 13.6. The van der Waals surface area contributed by atoms with Gasteiger partial charge in [0.25, 0.3) is 5.91 Å². The van der Waals surface area contributed by atoms with Crippen LogP contribution in [-0.4, -0.2) is 33.2 Å². The van der Waals surface area contributed by atoms with E-state index in [1.54, 1.807) is 18.2 Å². The van der Waals surface area contributed by atoms with Crippen molar-refractivity contribution in [2.75, 3.05) is 12.4 Å². The first-order chi connectivity index (χ1) is 11.6. The number of hydrogen-bond acceptors (Lipinski definition) is 5. The molecule has 0 bridgehead atoms. The summed E-state index contributed by atoms with van der Waals surface area (Å²) in [5.41, 5.74) is 4.10. The Morgan fingerprint density at radius 2 is 1.88 bits per heavy atom. The lowest BCUT2D eigenvalue weighted by Gasteiger charge is -2.11. The molecule has 0 spiro atoms. The Kier molecular flexibility index (Phi) is 4.24. The Hall–Kier alpha value is -3.22. The van der Waals surface area contributed by atoms with Crippen LogP contribution in [0.1, 0.15) is 21.5 Å². The average Bonchev–Trinajstić information content (AvgIpc) is 3.07. The van der Waals surface area contributed by atoms with E-state index in [4.69, 9.17) is 4.74 Å². The molecule has 3 rings (SSSR count). The van der Waals surface area contributed by atoms with Gasteiger partial charge in [-0.3, -0.25) is 4.79 Å². The van der Waals surface area contributed by atoms with Gasteiger partial charge in [-0.2, -0.15) is 4.68 Å². The quantitative estimate of drug-likeness (QED) is 0.798. The van der Waals surface area contributed by atoms with Gasteiger partial charge in [-0.05, 0) is 65.7 Å². The fourth-order valence-corrected chi connectivity index (χ4v) is 2.53. The highest BCUT2D eigenvalue weighted by atomic mass is 16.5. The molecule has 7 heteroatoms. The lowest BCUT2D eigenvalue weighted by atomic mass is 10.1. The van der Waals surface area contributed by atoms with E-state index in [0.717, 1.165) is 16.8 Å². The van der Waals surface area contributed by atoms with Crippen LogP contribution in [0.25, 0.3) is 5.69 Å². The molecule has 0 radical (unpaired) electrons. The average molecular weight is 323 g/mol. The molecule has 0 saturated carbocycles. The maximum absolute atomic E-state index is 12.5. The highest BCUT2D eigenvalue weighted by molar-refractivity contribution is 6.04. The molecule has 1 N–H and O–H groups in total. The van der Waals surface area contributed by atoms with Crippen molar-refractivity contribution in [2.24, 2.45) is 0 Å². The van der Waals surface area contributed by atoms with Crippen LogP contribution in [0.5, 0.6) is 5.75 Å². The number of methoxy groups -OCH3 is 1. The Morgan fingerprint density at radius 3 is 2.50 bits per heavy atom. The van der Waals surface area contributed by atoms with Crippen LogP contribution in [0, 0.1) is 13.8 Å². The summed E-state index contributed by atoms with van der Waals surface area (Å²) >= 11 is 0. The highest BCUT2D eigenvalue weighted by Crippen LogP contribution is 2.24. The van der Waals surface area contributed by atoms with E-state index in [1.807, 2.05) is 26.0 Å². The number of carbonyl (C=O) groups excluding carboxylic acids is 1. The minimum Gasteiger partial charge on any atom is -0.494 e. The van der Waals surface area contributed by atoms with E-state index in [9.17, 15) is 4.79 Å². The van der Waals surface area contributed by atoms with Crippen molar-refractivity contribution in [3.05, 3.63) is 59.4 Å². The number of amides is 1. The van der Waals surface area contributed by atoms with Gasteiger partial charge in [0.15, 0.2) is 0 Å². The van der Waals surface area contributed by atoms with Crippen molar-refractivity contribution in [1.82, 2.24) is 20.2 Å². The van der Waals surface area contributed by atoms with E-state index < -0.39 is 0 Å². The van der Waals surface area contributed by atoms with Crippen LogP contribution in [0.15, 0.2) is 42.7 Å². The van der Waals surface area contributed by atoms with Crippen LogP contribution in [-0.2, 0) is 0 Å². The Morgan fingerprint density at radius 1 is 1.12 bits per heavy atom. The van der Waals surface area contributed by atoms with Gasteiger partial charge in [0.05, 0.1) is 7.11 Å². The molecular weight excluding hydrogens is 306 g/mol. The third-order valence-electron chi connectivity index (χ3n) is 3.52. The van der Waals surface area contributed by atoms with Crippen molar-refractivity contribution in [3.8, 4) is 11.4 Å². The zero-order valence-corrected chi connectivity index (χ0v) is 13.6. The predicted molar refractivity (Wildman–Crippen MR) is 89.6 cm³/mol. The Labute approximate surface area is 139 Å². The van der Waals surface area contributed by atoms with Gasteiger partial charge in [0.1, 0.15) is 17.8 Å². The maximum atomic E-state index is 12.5. The number of nitrogens with one attached hydrogen (secondary N) is 1. The van der Waals surface area contributed by atoms with Crippen molar-refractivity contribution < 1.29 is 9.53 Å². The minimum atomic E-state index is -0.207. The first kappa shape index (κ1) is 15.7. The summed E-state index contributed by atoms with van der Waals surface area (Å²) in [5, 5.41) is 13.9. The fourth-order valence-electron chi connectivity index (χ4n) is 2.53. The van der Waals surface area contributed by atoms with Gasteiger partial charge in [0, 0.05) is 11.3 Å². The van der Waals surface area contributed by atoms with Crippen molar-refractivity contribution in [2.45, 2.75) is 13.8 Å². The molecule has 3 aromatic rings. The molecule has 1 aromatic heterocycles. The molecule has 7 nitrogen and oxygen atoms in total. The second-order valence-electron chi connectivity index (χ2n) is 5.47. The predicted octanol–water partition coefficient (Wildman–Crippen LogP) is 2.54. The molecule has 0 aliphatic heterocycles. The zero-order chi connectivity index (χ0) is 17.1. The number of tetrazole rings is 1. The smallest absolute Gasteiger partial charge is 0.255 e. The number of anilines is 1. The summed E-state index contributed by atoms with van der Waals surface area (Å²) in [6.07, 6.45) is 1.47. The third kappa shape index (κ3) is 3.24. The molecular formula is C17H17N5O2. The van der Waals surface area contributed by atoms with Gasteiger partial charge in [0.2, 0.25) is 0 Å². The number of ether oxygens (including phenoxy) is 1. The molecule has 0 aliphatic carbocycles. The van der Waals surface area contributed by atoms with Gasteiger partial charge in [-0.25, -0.2) is 0 Å². The van der Waals surface area contributed by atoms with Crippen LogP contribution in [0.4, 0.5) is 5.69 Å². The fraction of sp³-hybridized carbons (Fsp3) is 0.176. The number of aromatic nitrogens is 4. The van der Waals surface area contributed by atoms with E-state index in [2.05, 4.69) is 26.9 Å². The first-order valence-electron chi connectivity index (χ1n) is 7.38. The molecule has 24 heavy (non-hydrogen) atoms. The molecule has 0 aliphatic rings. The molecule has 0 saturated heterocycles. The number of nitrogens with zero attached hydrogens (tertiary/aromatic N) is 4. The van der Waals surface area contributed by atoms with Crippen molar-refractivity contribution in [3.63, 3.8) is 0 Å². The summed E-state index contributed by atoms with van der Waals surface area (Å²) in [6.45, 7) is 3.99. The number of aryl methyl sites for hydroxylation is 2. The van der Waals surface area contributed by atoms with Crippen LogP contribution in [0.2, 0.25) is 0 Å². The SMILES string of the molecule is COc1cc(C(=O)Nc2cc(C)cc(C)c2)ccc1-n1cnnn1. The number of hydrogen-bond donors (Lipinski definition) is 1. The van der Waals surface area contributed by atoms with E-state index >= 15 is 0 Å². The van der Waals surface area contributed by atoms with E-state index in [0.29, 0.717) is 17.0 Å². The Bertz CT molecular complexity index is 854. The van der Waals surface area contributed by atoms with Gasteiger partial charge in [-0.1, -0.05) is 6.07 Å². The number of benzene rings is 2. The summed E-state index contributed by atoms with van der Waals surface area (Å²) in [7, 11) is 1.54. The second kappa shape index (κ2) is 6.49. The van der Waals surface area contributed by atoms with Crippen molar-refractivity contribution >= 4 is 11.6 Å². The molecule has 1 heterocycles. The van der Waals surface area contributed by atoms with Crippen LogP contribution >= 0.6 is 0 Å². The summed E-state index contributed by atoms with van der Waals surface area (Å²) < 4.78 is 6.83. The van der Waals surface area contributed by atoms with E-state index in [1.165, 1.54) is 18.1 Å². The normalized spacial score (nSPS) is 10.5. The summed E-state index contributed by atoms with van der Waals surface area (Å²) in [4.78, 5) is 12.5. The molecule has 1 amide bonds. The third-order valence-corrected chi connectivity index (χ3v) is 3.52. The van der Waals surface area contributed by atoms with E-state index in [-0.39, 0.29) is 5.91 Å². The molecule has 0 unspecified atom stereocenters. The first-order valence-corrected chi connectivity index (χ1v) is 7.38. The number of carbonyl (C=O) groups is 1. The van der Waals surface area contributed by atoms with Crippen LogP contribution < -0.4 is 10.1 Å². The molecule has 0 fully saturated rings. The Balaban J connectivity index is 1.87. The number of rotatable bonds is 4. The second-order valence-corrected chi connectivity index (χ2v) is 5.47. The summed E-state index contributed by atoms with van der Waals surface area (Å²) in [6, 6.07) is 11.0. The minimum absolute atomic E-state index is 0.207. The topological polar surface area (TPSA) is 81.9 Å². The lowest BCUT2D eigenvalue weighted by molar-refractivity contribution is 0.102. The highest BCUT2D eigenvalue weighted by Gasteiger charge is 2.13. The molecule has 122 valence electrons. The monoisotopic (exact) mass is 323 g/mol. The van der Waals surface area contributed by atoms with Gasteiger partial charge < -0.3 is 10.1 Å². The molecule has 0 atom stereocenters. The standard InChI is InChI=1S/C17H17N5O2/c1-11-6-12(2)8-14(7-11)19-17(23)13-4-5-15(16(9-13)24-3)22-10-18-20-21-22/h4-10H,1-3H3,(H,19,23). The van der Waals surface area contributed by atoms with Crippen molar-refractivity contribution in [1.29, 1.82) is 0 Å². The van der Waals surface area contributed by atoms with Gasteiger partial charge in [-0.15, -0.1) is 5.10 Å². The maximum Gasteiger partial charge on any atom is 0.255 e. The summed E-state index contributed by atoms with van der Waals surface area (Å²) in [5.74, 6) is 0.303. The molecule has 2 aromatic carbocycles. The van der Waals surface area contributed by atoms with Crippen LogP contribution in [0.3, 0.4) is 0 Å². The largest absolute Gasteiger partial charge is 0.494 e. The van der Waals surface area contributed by atoms with Gasteiger partial charge >= 0.3 is 0 Å². The lowest BCUT2D eigenvalue weighted by Crippen LogP contribution is -2.13.